The number of carbonyl (C=O) groups is 4. The van der Waals surface area contributed by atoms with Crippen LogP contribution in [-0.2, 0) is 38.1 Å². The second kappa shape index (κ2) is 12.2. The third-order valence-corrected chi connectivity index (χ3v) is 4.07. The third kappa shape index (κ3) is 8.55. The highest BCUT2D eigenvalue weighted by Crippen LogP contribution is 2.26. The number of hydrogen-bond acceptors (Lipinski definition) is 10. The topological polar surface area (TPSA) is 130 Å². The van der Waals surface area contributed by atoms with Crippen LogP contribution in [0.4, 0.5) is 0 Å². The van der Waals surface area contributed by atoms with Gasteiger partial charge in [-0.3, -0.25) is 4.79 Å². The van der Waals surface area contributed by atoms with Gasteiger partial charge in [0.2, 0.25) is 0 Å². The molecule has 2 unspecified atom stereocenters. The van der Waals surface area contributed by atoms with E-state index in [4.69, 9.17) is 18.9 Å². The summed E-state index contributed by atoms with van der Waals surface area (Å²) in [5.41, 5.74) is -2.96. The Bertz CT molecular complexity index is 592. The molecule has 0 aliphatic carbocycles. The number of nitrogens with zero attached hydrogens (tertiary/aromatic N) is 2. The van der Waals surface area contributed by atoms with Gasteiger partial charge in [-0.1, -0.05) is 0 Å². The molecule has 0 aliphatic rings. The Kier molecular flexibility index (Phi) is 11.1. The first kappa shape index (κ1) is 25.6. The maximum Gasteiger partial charge on any atom is 0.335 e. The maximum absolute atomic E-state index is 12.2. The number of ketones is 1. The molecular formula is C18H30N2O8. The van der Waals surface area contributed by atoms with Crippen LogP contribution in [0, 0.1) is 0 Å². The first-order valence-corrected chi connectivity index (χ1v) is 8.79. The van der Waals surface area contributed by atoms with Crippen molar-refractivity contribution in [2.45, 2.75) is 57.5 Å². The molecule has 0 rings (SSSR count). The minimum absolute atomic E-state index is 0.0427. The van der Waals surface area contributed by atoms with Crippen LogP contribution in [-0.4, -0.2) is 69.3 Å². The van der Waals surface area contributed by atoms with Crippen LogP contribution in [0.3, 0.4) is 0 Å². The van der Waals surface area contributed by atoms with E-state index in [2.05, 4.69) is 10.2 Å². The van der Waals surface area contributed by atoms with Gasteiger partial charge in [-0.25, -0.2) is 9.59 Å². The first-order chi connectivity index (χ1) is 13.0. The molecule has 0 bridgehead atoms. The van der Waals surface area contributed by atoms with Gasteiger partial charge in [0, 0.05) is 20.0 Å². The van der Waals surface area contributed by atoms with E-state index in [1.54, 1.807) is 0 Å². The second-order valence-corrected chi connectivity index (χ2v) is 6.65. The van der Waals surface area contributed by atoms with Gasteiger partial charge >= 0.3 is 17.9 Å². The highest BCUT2D eigenvalue weighted by Gasteiger charge is 2.39. The minimum atomic E-state index is -1.51. The minimum Gasteiger partial charge on any atom is -0.467 e. The van der Waals surface area contributed by atoms with Crippen LogP contribution >= 0.6 is 0 Å². The van der Waals surface area contributed by atoms with Crippen molar-refractivity contribution < 1.29 is 38.1 Å². The van der Waals surface area contributed by atoms with E-state index >= 15 is 0 Å². The number of rotatable bonds is 13. The summed E-state index contributed by atoms with van der Waals surface area (Å²) in [5, 5.41) is 8.04. The van der Waals surface area contributed by atoms with Crippen LogP contribution in [0.2, 0.25) is 0 Å². The lowest BCUT2D eigenvalue weighted by atomic mass is 9.95. The summed E-state index contributed by atoms with van der Waals surface area (Å²) >= 11 is 0. The van der Waals surface area contributed by atoms with Crippen LogP contribution in [0.15, 0.2) is 10.2 Å². The molecule has 28 heavy (non-hydrogen) atoms. The van der Waals surface area contributed by atoms with E-state index in [0.717, 1.165) is 0 Å². The Labute approximate surface area is 164 Å². The summed E-state index contributed by atoms with van der Waals surface area (Å²) in [6.07, 6.45) is -0.00410. The third-order valence-electron chi connectivity index (χ3n) is 4.07. The summed E-state index contributed by atoms with van der Waals surface area (Å²) in [7, 11) is 3.86. The van der Waals surface area contributed by atoms with Crippen LogP contribution in [0.1, 0.15) is 46.5 Å². The maximum atomic E-state index is 12.2. The quantitative estimate of drug-likeness (QED) is 0.197. The van der Waals surface area contributed by atoms with Crippen LogP contribution in [0.5, 0.6) is 0 Å². The van der Waals surface area contributed by atoms with Crippen molar-refractivity contribution in [2.75, 3.05) is 34.5 Å². The molecule has 0 aliphatic heterocycles. The molecule has 160 valence electrons. The zero-order valence-corrected chi connectivity index (χ0v) is 17.4. The fourth-order valence-electron chi connectivity index (χ4n) is 2.12. The van der Waals surface area contributed by atoms with Crippen molar-refractivity contribution in [3.8, 4) is 0 Å². The normalized spacial score (nSPS) is 15.4. The monoisotopic (exact) mass is 402 g/mol. The average molecular weight is 402 g/mol. The zero-order chi connectivity index (χ0) is 21.8. The van der Waals surface area contributed by atoms with E-state index in [-0.39, 0.29) is 44.7 Å². The summed E-state index contributed by atoms with van der Waals surface area (Å²) in [6.45, 7) is 4.64. The molecule has 0 aromatic rings. The lowest BCUT2D eigenvalue weighted by Crippen LogP contribution is -2.38. The molecule has 0 amide bonds. The van der Waals surface area contributed by atoms with Crippen molar-refractivity contribution in [3.63, 3.8) is 0 Å². The van der Waals surface area contributed by atoms with Gasteiger partial charge in [0.1, 0.15) is 12.4 Å². The number of esters is 3. The van der Waals surface area contributed by atoms with Crippen molar-refractivity contribution >= 4 is 23.7 Å². The standard InChI is InChI=1S/C18H30N2O8/c1-13(21)7-9-17(2,15(23)26-5)19-20-18(3,16(24)27-6)10-8-14(22)28-12-11-25-4/h7-12H2,1-6H3. The van der Waals surface area contributed by atoms with Crippen LogP contribution in [0.25, 0.3) is 0 Å². The molecule has 10 heteroatoms. The Balaban J connectivity index is 5.39. The van der Waals surface area contributed by atoms with Crippen molar-refractivity contribution in [3.05, 3.63) is 0 Å². The van der Waals surface area contributed by atoms with E-state index in [1.807, 2.05) is 0 Å². The smallest absolute Gasteiger partial charge is 0.335 e. The van der Waals surface area contributed by atoms with Crippen molar-refractivity contribution in [2.24, 2.45) is 10.2 Å². The number of ether oxygens (including phenoxy) is 4. The molecule has 0 N–H and O–H groups in total. The molecule has 10 nitrogen and oxygen atoms in total. The molecule has 2 atom stereocenters. The van der Waals surface area contributed by atoms with Gasteiger partial charge in [0.05, 0.1) is 20.8 Å². The molecule has 0 saturated heterocycles. The molecule has 0 radical (unpaired) electrons. The SMILES string of the molecule is COCCOC(=O)CCC(C)(N=NC(C)(CCC(C)=O)C(=O)OC)C(=O)OC. The summed E-state index contributed by atoms with van der Waals surface area (Å²) in [4.78, 5) is 47.4. The molecule has 0 spiro atoms. The Morgan fingerprint density at radius 1 is 0.786 bits per heavy atom. The van der Waals surface area contributed by atoms with Gasteiger partial charge in [-0.2, -0.15) is 10.2 Å². The molecular weight excluding hydrogens is 372 g/mol. The zero-order valence-electron chi connectivity index (χ0n) is 17.4. The number of azo groups is 1. The summed E-state index contributed by atoms with van der Waals surface area (Å²) < 4.78 is 19.3. The van der Waals surface area contributed by atoms with Gasteiger partial charge in [0.25, 0.3) is 0 Å². The Hall–Kier alpha value is -2.36. The van der Waals surface area contributed by atoms with Gasteiger partial charge in [0.15, 0.2) is 11.1 Å². The number of methoxy groups -OCH3 is 3. The van der Waals surface area contributed by atoms with E-state index in [0.29, 0.717) is 0 Å². The van der Waals surface area contributed by atoms with Crippen LogP contribution < -0.4 is 0 Å². The highest BCUT2D eigenvalue weighted by molar-refractivity contribution is 5.83. The molecule has 0 saturated carbocycles. The predicted octanol–water partition coefficient (Wildman–Crippen LogP) is 1.64. The van der Waals surface area contributed by atoms with Crippen molar-refractivity contribution in [1.29, 1.82) is 0 Å². The predicted molar refractivity (Wildman–Crippen MR) is 97.7 cm³/mol. The van der Waals surface area contributed by atoms with Gasteiger partial charge in [-0.15, -0.1) is 0 Å². The fraction of sp³-hybridized carbons (Fsp3) is 0.778. The van der Waals surface area contributed by atoms with E-state index in [9.17, 15) is 19.2 Å². The van der Waals surface area contributed by atoms with E-state index in [1.165, 1.54) is 42.1 Å². The lowest BCUT2D eigenvalue weighted by molar-refractivity contribution is -0.150. The second-order valence-electron chi connectivity index (χ2n) is 6.65. The molecule has 0 aromatic carbocycles. The molecule has 0 aromatic heterocycles. The van der Waals surface area contributed by atoms with E-state index < -0.39 is 29.0 Å². The fourth-order valence-corrected chi connectivity index (χ4v) is 2.12. The average Bonchev–Trinajstić information content (AvgIpc) is 2.68. The molecule has 0 heterocycles. The number of Topliss-reactive ketones (excluding diaryl/α,β-unsaturated/α-hetero) is 1. The highest BCUT2D eigenvalue weighted by atomic mass is 16.6. The largest absolute Gasteiger partial charge is 0.467 e. The lowest BCUT2D eigenvalue weighted by Gasteiger charge is -2.25. The first-order valence-electron chi connectivity index (χ1n) is 8.79. The molecule has 0 fully saturated rings. The van der Waals surface area contributed by atoms with Gasteiger partial charge < -0.3 is 23.7 Å². The Morgan fingerprint density at radius 2 is 1.25 bits per heavy atom. The van der Waals surface area contributed by atoms with Crippen molar-refractivity contribution in [1.82, 2.24) is 0 Å². The number of carbonyl (C=O) groups excluding carboxylic acids is 4. The summed E-state index contributed by atoms with van der Waals surface area (Å²) in [6, 6.07) is 0. The van der Waals surface area contributed by atoms with Gasteiger partial charge in [-0.05, 0) is 33.6 Å². The summed E-state index contributed by atoms with van der Waals surface area (Å²) in [5.74, 6) is -2.07. The number of hydrogen-bond donors (Lipinski definition) is 0. The Morgan fingerprint density at radius 3 is 1.64 bits per heavy atom.